The van der Waals surface area contributed by atoms with Gasteiger partial charge in [0.05, 0.1) is 17.0 Å². The van der Waals surface area contributed by atoms with Gasteiger partial charge in [0.1, 0.15) is 0 Å². The SMILES string of the molecule is Cc1ccc(NC(=O)CNS(=O)(=O)c2cccc(C(F)(F)F)c2)cc1Cl. The molecule has 1 amide bonds. The number of aryl methyl sites for hydroxylation is 1. The van der Waals surface area contributed by atoms with E-state index in [1.165, 1.54) is 6.07 Å². The first kappa shape index (κ1) is 20.2. The number of hydrogen-bond donors (Lipinski definition) is 2. The van der Waals surface area contributed by atoms with Crippen molar-refractivity contribution in [2.24, 2.45) is 0 Å². The van der Waals surface area contributed by atoms with Crippen LogP contribution >= 0.6 is 11.6 Å². The topological polar surface area (TPSA) is 75.3 Å². The zero-order valence-electron chi connectivity index (χ0n) is 13.4. The second-order valence-corrected chi connectivity index (χ2v) is 7.54. The number of rotatable bonds is 5. The molecule has 0 aliphatic rings. The normalized spacial score (nSPS) is 12.0. The standard InChI is InChI=1S/C16H14ClF3N2O3S/c1-10-5-6-12(8-14(10)17)22-15(23)9-21-26(24,25)13-4-2-3-11(7-13)16(18,19)20/h2-8,21H,9H2,1H3,(H,22,23). The summed E-state index contributed by atoms with van der Waals surface area (Å²) in [6.45, 7) is 1.13. The summed E-state index contributed by atoms with van der Waals surface area (Å²) in [5, 5.41) is 2.86. The van der Waals surface area contributed by atoms with Gasteiger partial charge < -0.3 is 5.32 Å². The molecular formula is C16H14ClF3N2O3S. The number of carbonyl (C=O) groups is 1. The first-order chi connectivity index (χ1) is 12.0. The quantitative estimate of drug-likeness (QED) is 0.796. The molecule has 0 atom stereocenters. The second-order valence-electron chi connectivity index (χ2n) is 5.36. The van der Waals surface area contributed by atoms with Crippen LogP contribution in [0.3, 0.4) is 0 Å². The maximum absolute atomic E-state index is 12.7. The third-order valence-electron chi connectivity index (χ3n) is 3.35. The van der Waals surface area contributed by atoms with E-state index in [1.54, 1.807) is 19.1 Å². The van der Waals surface area contributed by atoms with Gasteiger partial charge >= 0.3 is 6.18 Å². The van der Waals surface area contributed by atoms with Gasteiger partial charge in [-0.2, -0.15) is 13.2 Å². The lowest BCUT2D eigenvalue weighted by molar-refractivity contribution is -0.137. The van der Waals surface area contributed by atoms with Crippen LogP contribution in [-0.2, 0) is 21.0 Å². The Labute approximate surface area is 153 Å². The Kier molecular flexibility index (Phi) is 5.94. The van der Waals surface area contributed by atoms with Crippen molar-refractivity contribution in [2.75, 3.05) is 11.9 Å². The van der Waals surface area contributed by atoms with Gasteiger partial charge in [-0.1, -0.05) is 23.7 Å². The first-order valence-electron chi connectivity index (χ1n) is 7.22. The molecule has 0 fully saturated rings. The average molecular weight is 407 g/mol. The minimum Gasteiger partial charge on any atom is -0.325 e. The Morgan fingerprint density at radius 3 is 2.46 bits per heavy atom. The summed E-state index contributed by atoms with van der Waals surface area (Å²) in [5.41, 5.74) is 0.0675. The van der Waals surface area contributed by atoms with E-state index in [2.05, 4.69) is 5.32 Å². The van der Waals surface area contributed by atoms with E-state index in [0.717, 1.165) is 23.8 Å². The molecule has 0 aliphatic heterocycles. The second kappa shape index (κ2) is 7.65. The third kappa shape index (κ3) is 5.20. The molecule has 2 N–H and O–H groups in total. The molecule has 0 aromatic heterocycles. The van der Waals surface area contributed by atoms with Crippen molar-refractivity contribution < 1.29 is 26.4 Å². The van der Waals surface area contributed by atoms with Crippen LogP contribution in [0.25, 0.3) is 0 Å². The molecule has 0 saturated carbocycles. The molecule has 2 rings (SSSR count). The molecular weight excluding hydrogens is 393 g/mol. The molecule has 2 aromatic rings. The summed E-state index contributed by atoms with van der Waals surface area (Å²) in [5.74, 6) is -0.694. The molecule has 0 aliphatic carbocycles. The number of carbonyl (C=O) groups excluding carboxylic acids is 1. The van der Waals surface area contributed by atoms with E-state index in [1.807, 2.05) is 4.72 Å². The first-order valence-corrected chi connectivity index (χ1v) is 9.08. The number of halogens is 4. The van der Waals surface area contributed by atoms with Crippen molar-refractivity contribution in [1.82, 2.24) is 4.72 Å². The van der Waals surface area contributed by atoms with Crippen LogP contribution < -0.4 is 10.0 Å². The van der Waals surface area contributed by atoms with Crippen molar-refractivity contribution >= 4 is 33.2 Å². The van der Waals surface area contributed by atoms with E-state index in [9.17, 15) is 26.4 Å². The predicted molar refractivity (Wildman–Crippen MR) is 91.5 cm³/mol. The van der Waals surface area contributed by atoms with Crippen LogP contribution in [0.5, 0.6) is 0 Å². The number of nitrogens with one attached hydrogen (secondary N) is 2. The van der Waals surface area contributed by atoms with E-state index in [4.69, 9.17) is 11.6 Å². The van der Waals surface area contributed by atoms with Crippen molar-refractivity contribution in [3.8, 4) is 0 Å². The van der Waals surface area contributed by atoms with E-state index < -0.39 is 39.1 Å². The van der Waals surface area contributed by atoms with Gasteiger partial charge in [-0.3, -0.25) is 4.79 Å². The summed E-state index contributed by atoms with van der Waals surface area (Å²) in [4.78, 5) is 11.3. The van der Waals surface area contributed by atoms with Crippen molar-refractivity contribution in [3.05, 3.63) is 58.6 Å². The Balaban J connectivity index is 2.05. The highest BCUT2D eigenvalue weighted by Crippen LogP contribution is 2.30. The van der Waals surface area contributed by atoms with Gasteiger partial charge in [0.2, 0.25) is 15.9 Å². The molecule has 10 heteroatoms. The molecule has 26 heavy (non-hydrogen) atoms. The fourth-order valence-corrected chi connectivity index (χ4v) is 3.17. The maximum Gasteiger partial charge on any atom is 0.416 e. The summed E-state index contributed by atoms with van der Waals surface area (Å²) < 4.78 is 64.2. The molecule has 0 unspecified atom stereocenters. The summed E-state index contributed by atoms with van der Waals surface area (Å²) in [6, 6.07) is 8.00. The minimum absolute atomic E-state index is 0.365. The van der Waals surface area contributed by atoms with Gasteiger partial charge in [0.15, 0.2) is 0 Å². The summed E-state index contributed by atoms with van der Waals surface area (Å²) >= 11 is 5.92. The molecule has 2 aromatic carbocycles. The monoisotopic (exact) mass is 406 g/mol. The Morgan fingerprint density at radius 2 is 1.85 bits per heavy atom. The Hall–Kier alpha value is -2.10. The van der Waals surface area contributed by atoms with Crippen LogP contribution in [0.15, 0.2) is 47.4 Å². The molecule has 5 nitrogen and oxygen atoms in total. The van der Waals surface area contributed by atoms with E-state index >= 15 is 0 Å². The van der Waals surface area contributed by atoms with Gasteiger partial charge in [0, 0.05) is 10.7 Å². The highest BCUT2D eigenvalue weighted by atomic mass is 35.5. The zero-order valence-corrected chi connectivity index (χ0v) is 15.0. The van der Waals surface area contributed by atoms with E-state index in [-0.39, 0.29) is 0 Å². The van der Waals surface area contributed by atoms with Crippen LogP contribution in [0.4, 0.5) is 18.9 Å². The average Bonchev–Trinajstić information content (AvgIpc) is 2.56. The molecule has 0 bridgehead atoms. The van der Waals surface area contributed by atoms with E-state index in [0.29, 0.717) is 16.8 Å². The molecule has 0 radical (unpaired) electrons. The van der Waals surface area contributed by atoms with Crippen LogP contribution in [0.1, 0.15) is 11.1 Å². The fourth-order valence-electron chi connectivity index (χ4n) is 1.96. The maximum atomic E-state index is 12.7. The minimum atomic E-state index is -4.67. The van der Waals surface area contributed by atoms with Crippen molar-refractivity contribution in [2.45, 2.75) is 18.0 Å². The van der Waals surface area contributed by atoms with Crippen molar-refractivity contribution in [1.29, 1.82) is 0 Å². The third-order valence-corrected chi connectivity index (χ3v) is 5.16. The van der Waals surface area contributed by atoms with Crippen LogP contribution in [-0.4, -0.2) is 20.9 Å². The van der Waals surface area contributed by atoms with Gasteiger partial charge in [-0.15, -0.1) is 0 Å². The smallest absolute Gasteiger partial charge is 0.325 e. The predicted octanol–water partition coefficient (Wildman–Crippen LogP) is 3.58. The zero-order chi connectivity index (χ0) is 19.5. The fraction of sp³-hybridized carbons (Fsp3) is 0.188. The Morgan fingerprint density at radius 1 is 1.15 bits per heavy atom. The Bertz CT molecular complexity index is 931. The molecule has 0 heterocycles. The van der Waals surface area contributed by atoms with Crippen LogP contribution in [0.2, 0.25) is 5.02 Å². The molecule has 0 saturated heterocycles. The number of sulfonamides is 1. The number of amides is 1. The summed E-state index contributed by atoms with van der Waals surface area (Å²) in [6.07, 6.45) is -4.67. The van der Waals surface area contributed by atoms with Gasteiger partial charge in [-0.05, 0) is 42.8 Å². The highest BCUT2D eigenvalue weighted by Gasteiger charge is 2.31. The molecule has 140 valence electrons. The largest absolute Gasteiger partial charge is 0.416 e. The number of anilines is 1. The lowest BCUT2D eigenvalue weighted by atomic mass is 10.2. The highest BCUT2D eigenvalue weighted by molar-refractivity contribution is 7.89. The van der Waals surface area contributed by atoms with Crippen LogP contribution in [0, 0.1) is 6.92 Å². The summed E-state index contributed by atoms with van der Waals surface area (Å²) in [7, 11) is -4.28. The number of alkyl halides is 3. The van der Waals surface area contributed by atoms with Gasteiger partial charge in [0.25, 0.3) is 0 Å². The number of hydrogen-bond acceptors (Lipinski definition) is 3. The van der Waals surface area contributed by atoms with Gasteiger partial charge in [-0.25, -0.2) is 13.1 Å². The number of benzene rings is 2. The van der Waals surface area contributed by atoms with Crippen molar-refractivity contribution in [3.63, 3.8) is 0 Å². The lowest BCUT2D eigenvalue weighted by Crippen LogP contribution is -2.33. The molecule has 0 spiro atoms. The lowest BCUT2D eigenvalue weighted by Gasteiger charge is -2.11.